The molecule has 2 heterocycles. The maximum atomic E-state index is 13.2. The van der Waals surface area contributed by atoms with Crippen LogP contribution in [0, 0.1) is 10.6 Å². The molecule has 0 unspecified atom stereocenters. The van der Waals surface area contributed by atoms with E-state index >= 15 is 0 Å². The number of halogens is 1. The molecule has 0 radical (unpaired) electrons. The average molecular weight is 387 g/mol. The van der Waals surface area contributed by atoms with Crippen molar-refractivity contribution in [2.75, 3.05) is 0 Å². The van der Waals surface area contributed by atoms with Gasteiger partial charge in [-0.05, 0) is 54.0 Å². The second-order valence-electron chi connectivity index (χ2n) is 6.36. The maximum absolute atomic E-state index is 13.2. The van der Waals surface area contributed by atoms with Crippen molar-refractivity contribution in [3.63, 3.8) is 0 Å². The zero-order valence-corrected chi connectivity index (χ0v) is 15.4. The summed E-state index contributed by atoms with van der Waals surface area (Å²) in [6, 6.07) is 22.3. The number of rotatable bonds is 3. The molecule has 2 aromatic heterocycles. The van der Waals surface area contributed by atoms with Crippen molar-refractivity contribution < 1.29 is 4.39 Å². The van der Waals surface area contributed by atoms with E-state index in [0.29, 0.717) is 22.0 Å². The summed E-state index contributed by atoms with van der Waals surface area (Å²) in [5.41, 5.74) is 3.16. The first-order chi connectivity index (χ1) is 13.7. The first kappa shape index (κ1) is 16.6. The highest BCUT2D eigenvalue weighted by molar-refractivity contribution is 7.71. The first-order valence-electron chi connectivity index (χ1n) is 8.68. The largest absolute Gasteiger partial charge is 0.274 e. The highest BCUT2D eigenvalue weighted by atomic mass is 32.1. The van der Waals surface area contributed by atoms with Gasteiger partial charge in [0.1, 0.15) is 11.5 Å². The molecule has 0 aliphatic heterocycles. The minimum atomic E-state index is -0.281. The lowest BCUT2D eigenvalue weighted by Crippen LogP contribution is -1.99. The van der Waals surface area contributed by atoms with Gasteiger partial charge in [-0.1, -0.05) is 36.4 Å². The molecule has 3 aromatic carbocycles. The summed E-state index contributed by atoms with van der Waals surface area (Å²) >= 11 is 5.50. The quantitative estimate of drug-likeness (QED) is 0.414. The van der Waals surface area contributed by atoms with E-state index in [4.69, 9.17) is 12.2 Å². The van der Waals surface area contributed by atoms with Gasteiger partial charge in [0.25, 0.3) is 0 Å². The predicted molar refractivity (Wildman–Crippen MR) is 109 cm³/mol. The van der Waals surface area contributed by atoms with Crippen LogP contribution in [0.25, 0.3) is 39.2 Å². The maximum Gasteiger partial charge on any atom is 0.200 e. The van der Waals surface area contributed by atoms with Crippen LogP contribution in [0.2, 0.25) is 0 Å². The Balaban J connectivity index is 1.66. The third-order valence-electron chi connectivity index (χ3n) is 4.64. The van der Waals surface area contributed by atoms with E-state index in [1.807, 2.05) is 34.9 Å². The van der Waals surface area contributed by atoms with Crippen molar-refractivity contribution in [1.82, 2.24) is 25.0 Å². The fraction of sp³-hybridized carbons (Fsp3) is 0. The van der Waals surface area contributed by atoms with Crippen LogP contribution in [0.5, 0.6) is 0 Å². The van der Waals surface area contributed by atoms with Crippen molar-refractivity contribution in [3.8, 4) is 28.5 Å². The minimum Gasteiger partial charge on any atom is -0.274 e. The Bertz CT molecular complexity index is 1340. The molecule has 0 atom stereocenters. The van der Waals surface area contributed by atoms with E-state index in [1.165, 1.54) is 12.1 Å². The van der Waals surface area contributed by atoms with Crippen LogP contribution in [0.4, 0.5) is 4.39 Å². The molecule has 0 aliphatic carbocycles. The second-order valence-corrected chi connectivity index (χ2v) is 6.75. The standard InChI is InChI=1S/C21H14FN5S/c22-15-10-8-14(9-11-15)17-12-18(24-23-17)20-25-26-21(28)27(20)19-7-3-5-13-4-1-2-6-16(13)19/h1-12H,(H,23,24)(H,26,28). The summed E-state index contributed by atoms with van der Waals surface area (Å²) in [4.78, 5) is 0. The molecule has 5 nitrogen and oxygen atoms in total. The minimum absolute atomic E-state index is 0.281. The van der Waals surface area contributed by atoms with E-state index in [0.717, 1.165) is 22.0 Å². The highest BCUT2D eigenvalue weighted by Crippen LogP contribution is 2.28. The number of nitrogens with zero attached hydrogens (tertiary/aromatic N) is 3. The number of benzene rings is 3. The Morgan fingerprint density at radius 3 is 2.50 bits per heavy atom. The third kappa shape index (κ3) is 2.73. The number of aromatic amines is 2. The molecular formula is C21H14FN5S. The van der Waals surface area contributed by atoms with Crippen LogP contribution in [-0.2, 0) is 0 Å². The van der Waals surface area contributed by atoms with Gasteiger partial charge in [-0.25, -0.2) is 4.39 Å². The monoisotopic (exact) mass is 387 g/mol. The Morgan fingerprint density at radius 1 is 0.857 bits per heavy atom. The van der Waals surface area contributed by atoms with Crippen molar-refractivity contribution in [2.45, 2.75) is 0 Å². The van der Waals surface area contributed by atoms with Crippen LogP contribution in [0.3, 0.4) is 0 Å². The molecule has 7 heteroatoms. The molecule has 2 N–H and O–H groups in total. The zero-order chi connectivity index (χ0) is 19.1. The smallest absolute Gasteiger partial charge is 0.200 e. The molecule has 0 bridgehead atoms. The zero-order valence-electron chi connectivity index (χ0n) is 14.6. The van der Waals surface area contributed by atoms with Crippen LogP contribution >= 0.6 is 12.2 Å². The molecule has 5 aromatic rings. The van der Waals surface area contributed by atoms with Gasteiger partial charge in [0.15, 0.2) is 10.6 Å². The van der Waals surface area contributed by atoms with Gasteiger partial charge >= 0.3 is 0 Å². The lowest BCUT2D eigenvalue weighted by Gasteiger charge is -2.09. The van der Waals surface area contributed by atoms with E-state index < -0.39 is 0 Å². The van der Waals surface area contributed by atoms with E-state index in [-0.39, 0.29) is 5.82 Å². The normalized spacial score (nSPS) is 11.2. The lowest BCUT2D eigenvalue weighted by atomic mass is 10.1. The number of fused-ring (bicyclic) bond motifs is 1. The van der Waals surface area contributed by atoms with Gasteiger partial charge in [-0.3, -0.25) is 14.8 Å². The Morgan fingerprint density at radius 2 is 1.64 bits per heavy atom. The van der Waals surface area contributed by atoms with Crippen LogP contribution in [0.1, 0.15) is 0 Å². The Labute approximate surface area is 164 Å². The summed E-state index contributed by atoms with van der Waals surface area (Å²) in [6.07, 6.45) is 0. The van der Waals surface area contributed by atoms with Gasteiger partial charge < -0.3 is 0 Å². The fourth-order valence-corrected chi connectivity index (χ4v) is 3.54. The summed E-state index contributed by atoms with van der Waals surface area (Å²) in [5.74, 6) is 0.346. The summed E-state index contributed by atoms with van der Waals surface area (Å²) in [5, 5.41) is 16.8. The molecule has 0 amide bonds. The Kier molecular flexibility index (Phi) is 3.87. The molecule has 136 valence electrons. The number of H-pyrrole nitrogens is 2. The number of hydrogen-bond donors (Lipinski definition) is 2. The SMILES string of the molecule is Fc1ccc(-c2cc(-c3n[nH]c(=S)n3-c3cccc4ccccc34)[nH]n2)cc1. The lowest BCUT2D eigenvalue weighted by molar-refractivity contribution is 0.628. The van der Waals surface area contributed by atoms with Crippen molar-refractivity contribution in [1.29, 1.82) is 0 Å². The molecular weight excluding hydrogens is 373 g/mol. The third-order valence-corrected chi connectivity index (χ3v) is 4.91. The van der Waals surface area contributed by atoms with Crippen LogP contribution in [0.15, 0.2) is 72.8 Å². The molecule has 0 spiro atoms. The topological polar surface area (TPSA) is 62.3 Å². The average Bonchev–Trinajstić information content (AvgIpc) is 3.35. The van der Waals surface area contributed by atoms with Crippen molar-refractivity contribution >= 4 is 23.0 Å². The molecule has 5 rings (SSSR count). The number of hydrogen-bond acceptors (Lipinski definition) is 3. The van der Waals surface area contributed by atoms with Crippen molar-refractivity contribution in [2.24, 2.45) is 0 Å². The molecule has 28 heavy (non-hydrogen) atoms. The van der Waals surface area contributed by atoms with E-state index in [1.54, 1.807) is 12.1 Å². The highest BCUT2D eigenvalue weighted by Gasteiger charge is 2.16. The molecule has 0 aliphatic rings. The van der Waals surface area contributed by atoms with Crippen LogP contribution < -0.4 is 0 Å². The molecule has 0 fully saturated rings. The predicted octanol–water partition coefficient (Wildman–Crippen LogP) is 5.28. The van der Waals surface area contributed by atoms with Gasteiger partial charge in [-0.15, -0.1) is 0 Å². The summed E-state index contributed by atoms with van der Waals surface area (Å²) in [7, 11) is 0. The van der Waals surface area contributed by atoms with Gasteiger partial charge in [0.2, 0.25) is 0 Å². The Hall–Kier alpha value is -3.58. The van der Waals surface area contributed by atoms with Gasteiger partial charge in [-0.2, -0.15) is 10.2 Å². The fourth-order valence-electron chi connectivity index (χ4n) is 3.31. The van der Waals surface area contributed by atoms with E-state index in [2.05, 4.69) is 38.6 Å². The van der Waals surface area contributed by atoms with Crippen molar-refractivity contribution in [3.05, 3.63) is 83.4 Å². The second kappa shape index (κ2) is 6.54. The van der Waals surface area contributed by atoms with E-state index in [9.17, 15) is 4.39 Å². The number of aromatic nitrogens is 5. The first-order valence-corrected chi connectivity index (χ1v) is 9.09. The van der Waals surface area contributed by atoms with Gasteiger partial charge in [0, 0.05) is 10.9 Å². The molecule has 0 saturated heterocycles. The van der Waals surface area contributed by atoms with Crippen LogP contribution in [-0.4, -0.2) is 25.0 Å². The number of nitrogens with one attached hydrogen (secondary N) is 2. The molecule has 0 saturated carbocycles. The van der Waals surface area contributed by atoms with Gasteiger partial charge in [0.05, 0.1) is 11.4 Å². The summed E-state index contributed by atoms with van der Waals surface area (Å²) in [6.45, 7) is 0. The summed E-state index contributed by atoms with van der Waals surface area (Å²) < 4.78 is 15.6.